The maximum atomic E-state index is 14.6. The predicted octanol–water partition coefficient (Wildman–Crippen LogP) is 6.16. The Kier molecular flexibility index (Phi) is 10.6. The van der Waals surface area contributed by atoms with Crippen molar-refractivity contribution in [3.05, 3.63) is 59.2 Å². The van der Waals surface area contributed by atoms with Crippen LogP contribution in [-0.2, 0) is 16.1 Å². The molecule has 1 amide bonds. The predicted molar refractivity (Wildman–Crippen MR) is 155 cm³/mol. The first-order valence-electron chi connectivity index (χ1n) is 14.1. The maximum Gasteiger partial charge on any atom is 0.326 e. The largest absolute Gasteiger partial charge is 0.480 e. The Labute approximate surface area is 239 Å². The molecule has 6 nitrogen and oxygen atoms in total. The van der Waals surface area contributed by atoms with Crippen molar-refractivity contribution in [1.29, 1.82) is 0 Å². The van der Waals surface area contributed by atoms with Crippen LogP contribution in [0, 0.1) is 6.92 Å². The summed E-state index contributed by atoms with van der Waals surface area (Å²) in [4.78, 5) is 26.9. The number of carbonyl (C=O) groups is 2. The summed E-state index contributed by atoms with van der Waals surface area (Å²) in [5.74, 6) is -3.72. The van der Waals surface area contributed by atoms with E-state index in [1.807, 2.05) is 43.5 Å². The van der Waals surface area contributed by atoms with Crippen molar-refractivity contribution in [3.63, 3.8) is 0 Å². The quantitative estimate of drug-likeness (QED) is 0.316. The minimum atomic E-state index is -2.78. The van der Waals surface area contributed by atoms with Crippen molar-refractivity contribution in [1.82, 2.24) is 10.2 Å². The first-order chi connectivity index (χ1) is 19.2. The molecule has 0 radical (unpaired) electrons. The van der Waals surface area contributed by atoms with E-state index in [4.69, 9.17) is 4.74 Å². The van der Waals surface area contributed by atoms with Crippen LogP contribution in [0.3, 0.4) is 0 Å². The fraction of sp³-hybridized carbons (Fsp3) is 0.548. The van der Waals surface area contributed by atoms with E-state index in [-0.39, 0.29) is 31.7 Å². The molecule has 1 saturated heterocycles. The summed E-state index contributed by atoms with van der Waals surface area (Å²) in [5.41, 5.74) is 3.62. The first kappa shape index (κ1) is 30.5. The molecule has 2 atom stereocenters. The average Bonchev–Trinajstić information content (AvgIpc) is 3.23. The topological polar surface area (TPSA) is 78.9 Å². The number of likely N-dealkylation sites (tertiary alicyclic amines) is 1. The number of hydrogen-bond acceptors (Lipinski definition) is 5. The number of ether oxygens (including phenoxy) is 1. The Hall–Kier alpha value is -2.49. The van der Waals surface area contributed by atoms with Crippen LogP contribution in [0.4, 0.5) is 8.78 Å². The van der Waals surface area contributed by atoms with Gasteiger partial charge in [0.1, 0.15) is 6.04 Å². The Balaban J connectivity index is 1.57. The highest BCUT2D eigenvalue weighted by Crippen LogP contribution is 2.35. The van der Waals surface area contributed by atoms with E-state index >= 15 is 0 Å². The van der Waals surface area contributed by atoms with Crippen molar-refractivity contribution >= 4 is 23.6 Å². The molecule has 1 heterocycles. The van der Waals surface area contributed by atoms with Crippen LogP contribution in [0.25, 0.3) is 11.1 Å². The Morgan fingerprint density at radius 2 is 1.90 bits per heavy atom. The van der Waals surface area contributed by atoms with Crippen LogP contribution < -0.4 is 5.32 Å². The van der Waals surface area contributed by atoms with E-state index in [1.165, 1.54) is 18.2 Å². The summed E-state index contributed by atoms with van der Waals surface area (Å²) in [7, 11) is 0. The lowest BCUT2D eigenvalue weighted by atomic mass is 9.93. The lowest BCUT2D eigenvalue weighted by molar-refractivity contribution is -0.139. The number of nitrogens with zero attached hydrogens (tertiary/aromatic N) is 1. The van der Waals surface area contributed by atoms with Gasteiger partial charge in [0.05, 0.1) is 19.3 Å². The van der Waals surface area contributed by atoms with Gasteiger partial charge in [0.15, 0.2) is 0 Å². The highest BCUT2D eigenvalue weighted by molar-refractivity contribution is 7.98. The third-order valence-electron chi connectivity index (χ3n) is 7.93. The van der Waals surface area contributed by atoms with Crippen molar-refractivity contribution in [2.45, 2.75) is 82.5 Å². The Bertz CT molecular complexity index is 1170. The molecule has 0 bridgehead atoms. The molecule has 1 aliphatic carbocycles. The molecule has 0 aromatic heterocycles. The highest BCUT2D eigenvalue weighted by Gasteiger charge is 2.45. The number of hydrogen-bond donors (Lipinski definition) is 2. The van der Waals surface area contributed by atoms with Gasteiger partial charge in [-0.2, -0.15) is 11.8 Å². The molecule has 4 rings (SSSR count). The van der Waals surface area contributed by atoms with Gasteiger partial charge in [0.25, 0.3) is 11.8 Å². The van der Waals surface area contributed by atoms with E-state index < -0.39 is 23.8 Å². The lowest BCUT2D eigenvalue weighted by Gasteiger charge is -2.28. The van der Waals surface area contributed by atoms with Gasteiger partial charge in [-0.3, -0.25) is 9.69 Å². The van der Waals surface area contributed by atoms with Crippen molar-refractivity contribution in [2.24, 2.45) is 0 Å². The van der Waals surface area contributed by atoms with Crippen LogP contribution in [0.15, 0.2) is 42.5 Å². The average molecular weight is 575 g/mol. The zero-order valence-corrected chi connectivity index (χ0v) is 24.2. The lowest BCUT2D eigenvalue weighted by Crippen LogP contribution is -2.41. The number of thioether (sulfide) groups is 1. The minimum absolute atomic E-state index is 0.154. The van der Waals surface area contributed by atoms with Gasteiger partial charge < -0.3 is 15.2 Å². The highest BCUT2D eigenvalue weighted by atomic mass is 32.2. The van der Waals surface area contributed by atoms with Crippen LogP contribution in [0.1, 0.15) is 66.4 Å². The molecule has 2 aromatic carbocycles. The van der Waals surface area contributed by atoms with E-state index in [9.17, 15) is 23.5 Å². The van der Waals surface area contributed by atoms with E-state index in [2.05, 4.69) is 5.32 Å². The Morgan fingerprint density at radius 1 is 1.15 bits per heavy atom. The monoisotopic (exact) mass is 574 g/mol. The molecule has 218 valence electrons. The first-order valence-corrected chi connectivity index (χ1v) is 15.5. The van der Waals surface area contributed by atoms with E-state index in [0.29, 0.717) is 29.8 Å². The number of carboxylic acids is 1. The van der Waals surface area contributed by atoms with Gasteiger partial charge in [0.2, 0.25) is 0 Å². The molecule has 2 fully saturated rings. The van der Waals surface area contributed by atoms with Gasteiger partial charge in [-0.05, 0) is 72.6 Å². The van der Waals surface area contributed by atoms with E-state index in [1.54, 1.807) is 17.0 Å². The third-order valence-corrected chi connectivity index (χ3v) is 8.57. The number of amides is 1. The van der Waals surface area contributed by atoms with Gasteiger partial charge >= 0.3 is 5.97 Å². The zero-order valence-electron chi connectivity index (χ0n) is 23.3. The number of aryl methyl sites for hydroxylation is 1. The third kappa shape index (κ3) is 8.04. The fourth-order valence-corrected chi connectivity index (χ4v) is 6.21. The fourth-order valence-electron chi connectivity index (χ4n) is 5.74. The SMILES string of the molecule is CSCC[C@H](NC(=O)c1ccc(CN2CC(F)(F)C[C@H]2COC2CCCCC2)cc1-c1ccccc1C)C(=O)O. The minimum Gasteiger partial charge on any atom is -0.480 e. The summed E-state index contributed by atoms with van der Waals surface area (Å²) in [6.07, 6.45) is 7.58. The standard InChI is InChI=1S/C31H40F2N2O4S/c1-21-8-6-7-11-25(21)27-16-22(12-13-26(27)29(36)34-28(30(37)38)14-15-40-2)18-35-20-31(32,33)17-23(35)19-39-24-9-4-3-5-10-24/h6-8,11-13,16,23-24,28H,3-5,9-10,14-15,17-20H2,1-2H3,(H,34,36)(H,37,38)/t23-,28-/m0/s1. The smallest absolute Gasteiger partial charge is 0.326 e. The second kappa shape index (κ2) is 13.9. The molecular weight excluding hydrogens is 534 g/mol. The normalized spacial score (nSPS) is 20.4. The van der Waals surface area contributed by atoms with Gasteiger partial charge in [0, 0.05) is 24.6 Å². The number of carboxylic acid groups (broad SMARTS) is 1. The number of halogens is 2. The Morgan fingerprint density at radius 3 is 2.60 bits per heavy atom. The second-order valence-electron chi connectivity index (χ2n) is 11.1. The molecule has 40 heavy (non-hydrogen) atoms. The molecule has 1 aliphatic heterocycles. The van der Waals surface area contributed by atoms with E-state index in [0.717, 1.165) is 42.4 Å². The second-order valence-corrected chi connectivity index (χ2v) is 12.0. The molecule has 2 aliphatic rings. The van der Waals surface area contributed by atoms with Crippen LogP contribution in [0.5, 0.6) is 0 Å². The van der Waals surface area contributed by atoms with Crippen LogP contribution in [-0.4, -0.2) is 71.2 Å². The van der Waals surface area contributed by atoms with Crippen LogP contribution >= 0.6 is 11.8 Å². The molecule has 1 saturated carbocycles. The summed E-state index contributed by atoms with van der Waals surface area (Å²) in [5, 5.41) is 12.3. The number of benzene rings is 2. The van der Waals surface area contributed by atoms with Crippen molar-refractivity contribution in [2.75, 3.05) is 25.2 Å². The summed E-state index contributed by atoms with van der Waals surface area (Å²) >= 11 is 1.52. The number of carbonyl (C=O) groups excluding carboxylic acids is 1. The van der Waals surface area contributed by atoms with Gasteiger partial charge in [-0.25, -0.2) is 13.6 Å². The number of rotatable bonds is 12. The van der Waals surface area contributed by atoms with Gasteiger partial charge in [-0.1, -0.05) is 49.6 Å². The number of alkyl halides is 2. The number of nitrogens with one attached hydrogen (secondary N) is 1. The van der Waals surface area contributed by atoms with Gasteiger partial charge in [-0.15, -0.1) is 0 Å². The van der Waals surface area contributed by atoms with Crippen molar-refractivity contribution in [3.8, 4) is 11.1 Å². The molecule has 2 aromatic rings. The molecule has 2 N–H and O–H groups in total. The molecule has 0 unspecified atom stereocenters. The number of aliphatic carboxylic acids is 1. The molecule has 9 heteroatoms. The van der Waals surface area contributed by atoms with Crippen LogP contribution in [0.2, 0.25) is 0 Å². The summed E-state index contributed by atoms with van der Waals surface area (Å²) in [6.45, 7) is 2.21. The zero-order chi connectivity index (χ0) is 28.7. The molecular formula is C31H40F2N2O4S. The van der Waals surface area contributed by atoms with Crippen molar-refractivity contribution < 1.29 is 28.2 Å². The molecule has 0 spiro atoms. The summed E-state index contributed by atoms with van der Waals surface area (Å²) < 4.78 is 35.2. The summed E-state index contributed by atoms with van der Waals surface area (Å²) in [6, 6.07) is 11.6. The maximum absolute atomic E-state index is 14.6.